The van der Waals surface area contributed by atoms with Crippen LogP contribution in [-0.2, 0) is 16.0 Å². The van der Waals surface area contributed by atoms with Gasteiger partial charge in [-0.2, -0.15) is 0 Å². The van der Waals surface area contributed by atoms with Crippen LogP contribution in [0, 0.1) is 11.3 Å². The minimum atomic E-state index is -0.737. The number of aromatic nitrogens is 1. The van der Waals surface area contributed by atoms with Gasteiger partial charge >= 0.3 is 5.97 Å². The van der Waals surface area contributed by atoms with Crippen molar-refractivity contribution < 1.29 is 14.6 Å². The van der Waals surface area contributed by atoms with E-state index in [4.69, 9.17) is 4.74 Å². The Balaban J connectivity index is 1.88. The summed E-state index contributed by atoms with van der Waals surface area (Å²) in [5, 5.41) is 12.4. The standard InChI is InChI=1S/C12H15NO3S/c14-11(15)12(7-9-13-4-6-17-9)3-5-16-10(12)8-1-2-8/h4,6,8,10H,1-3,5,7H2,(H,14,15). The van der Waals surface area contributed by atoms with Crippen molar-refractivity contribution in [1.29, 1.82) is 0 Å². The Morgan fingerprint density at radius 3 is 3.06 bits per heavy atom. The highest BCUT2D eigenvalue weighted by Crippen LogP contribution is 2.49. The van der Waals surface area contributed by atoms with Crippen LogP contribution in [0.25, 0.3) is 0 Å². The van der Waals surface area contributed by atoms with Crippen molar-refractivity contribution in [2.24, 2.45) is 11.3 Å². The molecule has 1 aromatic heterocycles. The molecule has 2 fully saturated rings. The number of nitrogens with zero attached hydrogens (tertiary/aromatic N) is 1. The highest BCUT2D eigenvalue weighted by Gasteiger charge is 2.56. The quantitative estimate of drug-likeness (QED) is 0.891. The number of carbonyl (C=O) groups is 1. The van der Waals surface area contributed by atoms with E-state index in [1.807, 2.05) is 5.38 Å². The molecule has 1 aliphatic carbocycles. The van der Waals surface area contributed by atoms with Crippen LogP contribution in [0.4, 0.5) is 0 Å². The summed E-state index contributed by atoms with van der Waals surface area (Å²) in [4.78, 5) is 15.9. The number of ether oxygens (including phenoxy) is 1. The van der Waals surface area contributed by atoms with Gasteiger partial charge in [0.05, 0.1) is 11.1 Å². The predicted octanol–water partition coefficient (Wildman–Crippen LogP) is 1.96. The summed E-state index contributed by atoms with van der Waals surface area (Å²) in [6.45, 7) is 0.568. The monoisotopic (exact) mass is 253 g/mol. The van der Waals surface area contributed by atoms with Crippen LogP contribution in [0.15, 0.2) is 11.6 Å². The minimum absolute atomic E-state index is 0.108. The molecule has 17 heavy (non-hydrogen) atoms. The zero-order chi connectivity index (χ0) is 11.9. The fraction of sp³-hybridized carbons (Fsp3) is 0.667. The third-order valence-electron chi connectivity index (χ3n) is 3.82. The zero-order valence-corrected chi connectivity index (χ0v) is 10.3. The smallest absolute Gasteiger partial charge is 0.312 e. The Kier molecular flexibility index (Phi) is 2.67. The molecule has 1 saturated carbocycles. The van der Waals surface area contributed by atoms with Crippen molar-refractivity contribution in [3.05, 3.63) is 16.6 Å². The SMILES string of the molecule is O=C(O)C1(Cc2nccs2)CCOC1C1CC1. The third-order valence-corrected chi connectivity index (χ3v) is 4.60. The van der Waals surface area contributed by atoms with Gasteiger partial charge < -0.3 is 9.84 Å². The summed E-state index contributed by atoms with van der Waals surface area (Å²) < 4.78 is 5.70. The zero-order valence-electron chi connectivity index (χ0n) is 9.46. The van der Waals surface area contributed by atoms with E-state index < -0.39 is 11.4 Å². The molecular formula is C12H15NO3S. The van der Waals surface area contributed by atoms with Gasteiger partial charge in [0.25, 0.3) is 0 Å². The highest BCUT2D eigenvalue weighted by atomic mass is 32.1. The van der Waals surface area contributed by atoms with Gasteiger partial charge in [0.1, 0.15) is 5.41 Å². The van der Waals surface area contributed by atoms with E-state index in [0.717, 1.165) is 17.8 Å². The maximum Gasteiger partial charge on any atom is 0.312 e. The number of rotatable bonds is 4. The second kappa shape index (κ2) is 4.07. The van der Waals surface area contributed by atoms with E-state index in [2.05, 4.69) is 4.98 Å². The summed E-state index contributed by atoms with van der Waals surface area (Å²) in [5.74, 6) is -0.268. The van der Waals surface area contributed by atoms with E-state index in [-0.39, 0.29) is 6.10 Å². The molecule has 2 aliphatic rings. The van der Waals surface area contributed by atoms with Crippen LogP contribution in [0.3, 0.4) is 0 Å². The fourth-order valence-corrected chi connectivity index (χ4v) is 3.50. The summed E-state index contributed by atoms with van der Waals surface area (Å²) in [6.07, 6.45) is 4.97. The predicted molar refractivity (Wildman–Crippen MR) is 63.0 cm³/mol. The molecule has 0 spiro atoms. The summed E-state index contributed by atoms with van der Waals surface area (Å²) in [5.41, 5.74) is -0.737. The van der Waals surface area contributed by atoms with Gasteiger partial charge in [-0.15, -0.1) is 11.3 Å². The Hall–Kier alpha value is -0.940. The summed E-state index contributed by atoms with van der Waals surface area (Å²) >= 11 is 1.53. The average Bonchev–Trinajstić information content (AvgIpc) is 2.86. The topological polar surface area (TPSA) is 59.4 Å². The van der Waals surface area contributed by atoms with Crippen LogP contribution < -0.4 is 0 Å². The maximum absolute atomic E-state index is 11.7. The first kappa shape index (κ1) is 11.2. The Morgan fingerprint density at radius 1 is 1.65 bits per heavy atom. The number of aliphatic carboxylic acids is 1. The Labute approximate surface area is 104 Å². The molecule has 1 aromatic rings. The van der Waals surface area contributed by atoms with Gasteiger partial charge in [-0.25, -0.2) is 4.98 Å². The minimum Gasteiger partial charge on any atom is -0.481 e. The number of hydrogen-bond donors (Lipinski definition) is 1. The van der Waals surface area contributed by atoms with Crippen LogP contribution >= 0.6 is 11.3 Å². The van der Waals surface area contributed by atoms with E-state index in [0.29, 0.717) is 25.4 Å². The fourth-order valence-electron chi connectivity index (χ4n) is 2.76. The lowest BCUT2D eigenvalue weighted by Crippen LogP contribution is -2.42. The molecule has 1 saturated heterocycles. The van der Waals surface area contributed by atoms with Crippen LogP contribution in [-0.4, -0.2) is 28.8 Å². The van der Waals surface area contributed by atoms with Crippen LogP contribution in [0.2, 0.25) is 0 Å². The average molecular weight is 253 g/mol. The van der Waals surface area contributed by atoms with Crippen LogP contribution in [0.1, 0.15) is 24.3 Å². The van der Waals surface area contributed by atoms with Crippen LogP contribution in [0.5, 0.6) is 0 Å². The second-order valence-corrected chi connectivity index (χ2v) is 5.92. The van der Waals surface area contributed by atoms with Gasteiger partial charge in [0.2, 0.25) is 0 Å². The van der Waals surface area contributed by atoms with Gasteiger partial charge in [0.15, 0.2) is 0 Å². The van der Waals surface area contributed by atoms with Gasteiger partial charge in [0, 0.05) is 24.6 Å². The molecule has 2 unspecified atom stereocenters. The molecule has 92 valence electrons. The molecule has 5 heteroatoms. The Bertz CT molecular complexity index is 415. The molecule has 0 aromatic carbocycles. The molecule has 4 nitrogen and oxygen atoms in total. The largest absolute Gasteiger partial charge is 0.481 e. The van der Waals surface area contributed by atoms with Crippen molar-refractivity contribution in [1.82, 2.24) is 4.98 Å². The lowest BCUT2D eigenvalue weighted by Gasteiger charge is -2.29. The lowest BCUT2D eigenvalue weighted by atomic mass is 9.76. The molecule has 1 aliphatic heterocycles. The molecule has 3 rings (SSSR count). The second-order valence-electron chi connectivity index (χ2n) is 4.94. The molecule has 0 amide bonds. The van der Waals surface area contributed by atoms with Gasteiger partial charge in [-0.1, -0.05) is 0 Å². The molecular weight excluding hydrogens is 238 g/mol. The van der Waals surface area contributed by atoms with Crippen molar-refractivity contribution in [2.75, 3.05) is 6.61 Å². The number of carboxylic acid groups (broad SMARTS) is 1. The first-order chi connectivity index (χ1) is 8.22. The maximum atomic E-state index is 11.7. The van der Waals surface area contributed by atoms with E-state index in [1.54, 1.807) is 6.20 Å². The summed E-state index contributed by atoms with van der Waals surface area (Å²) in [7, 11) is 0. The van der Waals surface area contributed by atoms with Crippen molar-refractivity contribution >= 4 is 17.3 Å². The van der Waals surface area contributed by atoms with Crippen molar-refractivity contribution in [3.8, 4) is 0 Å². The van der Waals surface area contributed by atoms with Crippen molar-refractivity contribution in [2.45, 2.75) is 31.8 Å². The Morgan fingerprint density at radius 2 is 2.47 bits per heavy atom. The first-order valence-corrected chi connectivity index (χ1v) is 6.84. The highest BCUT2D eigenvalue weighted by molar-refractivity contribution is 7.09. The summed E-state index contributed by atoms with van der Waals surface area (Å²) in [6, 6.07) is 0. The molecule has 0 bridgehead atoms. The molecule has 2 heterocycles. The van der Waals surface area contributed by atoms with Gasteiger partial charge in [-0.3, -0.25) is 4.79 Å². The number of carboxylic acids is 1. The molecule has 1 N–H and O–H groups in total. The molecule has 0 radical (unpaired) electrons. The van der Waals surface area contributed by atoms with Gasteiger partial charge in [-0.05, 0) is 25.2 Å². The lowest BCUT2D eigenvalue weighted by molar-refractivity contribution is -0.153. The normalized spacial score (nSPS) is 32.8. The number of thiazole rings is 1. The molecule has 2 atom stereocenters. The first-order valence-electron chi connectivity index (χ1n) is 5.96. The third kappa shape index (κ3) is 1.87. The van der Waals surface area contributed by atoms with E-state index in [9.17, 15) is 9.90 Å². The van der Waals surface area contributed by atoms with E-state index >= 15 is 0 Å². The van der Waals surface area contributed by atoms with Crippen molar-refractivity contribution in [3.63, 3.8) is 0 Å². The van der Waals surface area contributed by atoms with E-state index in [1.165, 1.54) is 11.3 Å². The number of hydrogen-bond acceptors (Lipinski definition) is 4.